The lowest BCUT2D eigenvalue weighted by Crippen LogP contribution is -2.01. The lowest BCUT2D eigenvalue weighted by Gasteiger charge is -1.96. The van der Waals surface area contributed by atoms with Gasteiger partial charge in [0, 0.05) is 4.91 Å². The first-order valence-electron chi connectivity index (χ1n) is 4.81. The lowest BCUT2D eigenvalue weighted by atomic mass is 10.2. The third-order valence-electron chi connectivity index (χ3n) is 1.76. The Hall–Kier alpha value is -1.82. The quantitative estimate of drug-likeness (QED) is 0.337. The molecule has 0 unspecified atom stereocenters. The summed E-state index contributed by atoms with van der Waals surface area (Å²) < 4.78 is 28.5. The van der Waals surface area contributed by atoms with E-state index in [-0.39, 0.29) is 6.61 Å². The van der Waals surface area contributed by atoms with Gasteiger partial charge >= 0.3 is 10.3 Å². The molecule has 1 rings (SSSR count). The highest BCUT2D eigenvalue weighted by Gasteiger charge is 2.05. The van der Waals surface area contributed by atoms with Crippen molar-refractivity contribution in [2.45, 2.75) is 6.42 Å². The summed E-state index contributed by atoms with van der Waals surface area (Å²) in [6.45, 7) is -0.0509. The van der Waals surface area contributed by atoms with Crippen LogP contribution in [0.3, 0.4) is 0 Å². The minimum absolute atomic E-state index is 0.0509. The average Bonchev–Trinajstić information content (AvgIpc) is 2.30. The number of benzene rings is 1. The highest BCUT2D eigenvalue weighted by atomic mass is 32.2. The average molecular weight is 253 g/mol. The predicted octanol–water partition coefficient (Wildman–Crippen LogP) is 2.66. The Bertz CT molecular complexity index is 519. The van der Waals surface area contributed by atoms with Crippen LogP contribution in [0.1, 0.15) is 12.0 Å². The SMILES string of the molecule is [N-]=[N+]=NS(=O)(=O)OCC/C=C/c1ccccc1. The van der Waals surface area contributed by atoms with Crippen molar-refractivity contribution < 1.29 is 12.6 Å². The fraction of sp³-hybridized carbons (Fsp3) is 0.200. The molecule has 0 saturated carbocycles. The third-order valence-corrected chi connectivity index (χ3v) is 2.50. The molecule has 0 amide bonds. The molecule has 7 heteroatoms. The number of rotatable bonds is 6. The molecule has 0 heterocycles. The van der Waals surface area contributed by atoms with Gasteiger partial charge in [0.15, 0.2) is 0 Å². The Morgan fingerprint density at radius 2 is 2.06 bits per heavy atom. The predicted molar refractivity (Wildman–Crippen MR) is 64.1 cm³/mol. The van der Waals surface area contributed by atoms with Crippen LogP contribution in [0.15, 0.2) is 40.9 Å². The van der Waals surface area contributed by atoms with E-state index in [4.69, 9.17) is 5.53 Å². The molecule has 0 aliphatic heterocycles. The fourth-order valence-electron chi connectivity index (χ4n) is 1.07. The van der Waals surface area contributed by atoms with Crippen LogP contribution in [0, 0.1) is 0 Å². The molecule has 0 aromatic heterocycles. The van der Waals surface area contributed by atoms with E-state index in [0.717, 1.165) is 5.56 Å². The summed E-state index contributed by atoms with van der Waals surface area (Å²) in [7, 11) is -4.10. The van der Waals surface area contributed by atoms with Crippen LogP contribution in [0.25, 0.3) is 16.5 Å². The lowest BCUT2D eigenvalue weighted by molar-refractivity contribution is 0.325. The van der Waals surface area contributed by atoms with E-state index in [1.807, 2.05) is 36.4 Å². The zero-order valence-corrected chi connectivity index (χ0v) is 9.75. The van der Waals surface area contributed by atoms with Gasteiger partial charge in [0.25, 0.3) is 0 Å². The molecule has 17 heavy (non-hydrogen) atoms. The van der Waals surface area contributed by atoms with Gasteiger partial charge in [0.1, 0.15) is 0 Å². The van der Waals surface area contributed by atoms with Crippen molar-refractivity contribution in [3.8, 4) is 0 Å². The molecule has 0 saturated heterocycles. The van der Waals surface area contributed by atoms with E-state index < -0.39 is 10.3 Å². The summed E-state index contributed by atoms with van der Waals surface area (Å²) in [4.78, 5) is 2.15. The van der Waals surface area contributed by atoms with Crippen molar-refractivity contribution >= 4 is 16.4 Å². The Morgan fingerprint density at radius 3 is 2.71 bits per heavy atom. The van der Waals surface area contributed by atoms with E-state index in [1.54, 1.807) is 6.08 Å². The van der Waals surface area contributed by atoms with Crippen LogP contribution < -0.4 is 0 Å². The second-order valence-corrected chi connectivity index (χ2v) is 4.28. The largest absolute Gasteiger partial charge is 0.358 e. The van der Waals surface area contributed by atoms with Gasteiger partial charge in [-0.25, -0.2) is 0 Å². The molecule has 90 valence electrons. The number of hydrogen-bond donors (Lipinski definition) is 0. The smallest absolute Gasteiger partial charge is 0.264 e. The van der Waals surface area contributed by atoms with E-state index >= 15 is 0 Å². The minimum atomic E-state index is -4.10. The van der Waals surface area contributed by atoms with Gasteiger partial charge in [0.2, 0.25) is 0 Å². The Morgan fingerprint density at radius 1 is 1.35 bits per heavy atom. The molecular formula is C10H11N3O3S. The summed E-state index contributed by atoms with van der Waals surface area (Å²) in [5.74, 6) is 0. The Balaban J connectivity index is 2.35. The van der Waals surface area contributed by atoms with Crippen LogP contribution in [-0.4, -0.2) is 15.0 Å². The molecule has 0 bridgehead atoms. The van der Waals surface area contributed by atoms with Crippen molar-refractivity contribution in [2.24, 2.45) is 4.52 Å². The molecule has 0 aliphatic rings. The minimum Gasteiger partial charge on any atom is -0.264 e. The van der Waals surface area contributed by atoms with Crippen molar-refractivity contribution in [1.29, 1.82) is 0 Å². The molecule has 6 nitrogen and oxygen atoms in total. The van der Waals surface area contributed by atoms with Crippen molar-refractivity contribution in [2.75, 3.05) is 6.61 Å². The maximum atomic E-state index is 10.8. The van der Waals surface area contributed by atoms with Crippen LogP contribution in [0.4, 0.5) is 0 Å². The molecule has 1 aromatic carbocycles. The first kappa shape index (κ1) is 13.2. The van der Waals surface area contributed by atoms with Gasteiger partial charge in [-0.15, -0.1) is 0 Å². The Kier molecular flexibility index (Phi) is 5.22. The molecule has 0 atom stereocenters. The summed E-state index contributed by atoms with van der Waals surface area (Å²) in [5.41, 5.74) is 8.96. The molecule has 0 spiro atoms. The van der Waals surface area contributed by atoms with Crippen molar-refractivity contribution in [1.82, 2.24) is 0 Å². The highest BCUT2D eigenvalue weighted by Crippen LogP contribution is 2.03. The monoisotopic (exact) mass is 253 g/mol. The number of nitrogens with zero attached hydrogens (tertiary/aromatic N) is 3. The Labute approximate surface area is 99.4 Å². The van der Waals surface area contributed by atoms with E-state index in [0.29, 0.717) is 6.42 Å². The number of azide groups is 1. The molecule has 0 fully saturated rings. The van der Waals surface area contributed by atoms with Gasteiger partial charge < -0.3 is 0 Å². The van der Waals surface area contributed by atoms with Crippen LogP contribution in [0.2, 0.25) is 0 Å². The van der Waals surface area contributed by atoms with Gasteiger partial charge in [-0.1, -0.05) is 42.5 Å². The van der Waals surface area contributed by atoms with Crippen LogP contribution >= 0.6 is 0 Å². The molecule has 0 N–H and O–H groups in total. The van der Waals surface area contributed by atoms with Gasteiger partial charge in [-0.05, 0) is 17.5 Å². The highest BCUT2D eigenvalue weighted by molar-refractivity contribution is 7.85. The summed E-state index contributed by atoms with van der Waals surface area (Å²) in [6, 6.07) is 9.57. The second kappa shape index (κ2) is 6.70. The van der Waals surface area contributed by atoms with Crippen LogP contribution in [-0.2, 0) is 14.5 Å². The summed E-state index contributed by atoms with van der Waals surface area (Å²) >= 11 is 0. The maximum absolute atomic E-state index is 10.8. The first-order chi connectivity index (χ1) is 8.14. The standard InChI is InChI=1S/C10H11N3O3S/c11-12-13-17(14,15)16-9-5-4-8-10-6-2-1-3-7-10/h1-4,6-8H,5,9H2/b8-4+. The number of hydrogen-bond acceptors (Lipinski definition) is 3. The summed E-state index contributed by atoms with van der Waals surface area (Å²) in [5, 5.41) is 0. The zero-order valence-electron chi connectivity index (χ0n) is 8.93. The second-order valence-electron chi connectivity index (χ2n) is 3.02. The summed E-state index contributed by atoms with van der Waals surface area (Å²) in [6.07, 6.45) is 4.04. The maximum Gasteiger partial charge on any atom is 0.358 e. The first-order valence-corrected chi connectivity index (χ1v) is 6.18. The van der Waals surface area contributed by atoms with E-state index in [2.05, 4.69) is 13.6 Å². The fourth-order valence-corrected chi connectivity index (χ4v) is 1.52. The van der Waals surface area contributed by atoms with Crippen molar-refractivity contribution in [3.05, 3.63) is 52.4 Å². The topological polar surface area (TPSA) is 92.1 Å². The van der Waals surface area contributed by atoms with E-state index in [1.165, 1.54) is 0 Å². The molecular weight excluding hydrogens is 242 g/mol. The zero-order chi connectivity index (χ0) is 12.6. The molecule has 0 aliphatic carbocycles. The van der Waals surface area contributed by atoms with Crippen molar-refractivity contribution in [3.63, 3.8) is 0 Å². The molecule has 0 radical (unpaired) electrons. The van der Waals surface area contributed by atoms with Crippen LogP contribution in [0.5, 0.6) is 0 Å². The normalized spacial score (nSPS) is 11.3. The van der Waals surface area contributed by atoms with Gasteiger partial charge in [-0.3, -0.25) is 4.18 Å². The van der Waals surface area contributed by atoms with Gasteiger partial charge in [0.05, 0.1) is 11.1 Å². The third kappa shape index (κ3) is 5.72. The molecule has 1 aromatic rings. The van der Waals surface area contributed by atoms with E-state index in [9.17, 15) is 8.42 Å². The van der Waals surface area contributed by atoms with Gasteiger partial charge in [-0.2, -0.15) is 8.42 Å².